The fourth-order valence-corrected chi connectivity index (χ4v) is 2.25. The lowest BCUT2D eigenvalue weighted by atomic mass is 10.2. The number of aromatic nitrogens is 3. The van der Waals surface area contributed by atoms with Gasteiger partial charge in [-0.3, -0.25) is 5.84 Å². The van der Waals surface area contributed by atoms with Crippen LogP contribution in [0.4, 0.5) is 0 Å². The van der Waals surface area contributed by atoms with E-state index < -0.39 is 0 Å². The number of nitrogens with two attached hydrogens (primary N) is 1. The Morgan fingerprint density at radius 2 is 2.44 bits per heavy atom. The molecule has 1 atom stereocenters. The second-order valence-electron chi connectivity index (χ2n) is 3.49. The van der Waals surface area contributed by atoms with Gasteiger partial charge in [-0.1, -0.05) is 6.92 Å². The number of nitrogens with zero attached hydrogens (tertiary/aromatic N) is 3. The number of nitrogens with one attached hydrogen (secondary N) is 1. The molecule has 0 aliphatic heterocycles. The average molecular weight is 237 g/mol. The lowest BCUT2D eigenvalue weighted by Gasteiger charge is -2.15. The molecule has 6 heteroatoms. The number of hydrogen-bond donors (Lipinski definition) is 2. The summed E-state index contributed by atoms with van der Waals surface area (Å²) in [5, 5.41) is 1.98. The van der Waals surface area contributed by atoms with Crippen molar-refractivity contribution >= 4 is 11.3 Å². The van der Waals surface area contributed by atoms with Gasteiger partial charge in [0.2, 0.25) is 0 Å². The quantitative estimate of drug-likeness (QED) is 0.607. The van der Waals surface area contributed by atoms with Crippen LogP contribution in [-0.4, -0.2) is 14.5 Å². The molecule has 0 aliphatic carbocycles. The number of hydrazine groups is 1. The summed E-state index contributed by atoms with van der Waals surface area (Å²) in [4.78, 5) is 8.61. The SMILES string of the molecule is CCCn1ccnc1C(NN)c1cscn1. The molecule has 0 amide bonds. The molecule has 86 valence electrons. The van der Waals surface area contributed by atoms with E-state index in [1.807, 2.05) is 11.6 Å². The number of rotatable bonds is 5. The fourth-order valence-electron chi connectivity index (χ4n) is 1.67. The summed E-state index contributed by atoms with van der Waals surface area (Å²) in [7, 11) is 0. The van der Waals surface area contributed by atoms with Crippen molar-refractivity contribution in [2.75, 3.05) is 0 Å². The highest BCUT2D eigenvalue weighted by Gasteiger charge is 2.18. The van der Waals surface area contributed by atoms with Crippen LogP contribution in [0.1, 0.15) is 30.9 Å². The maximum Gasteiger partial charge on any atom is 0.133 e. The highest BCUT2D eigenvalue weighted by atomic mass is 32.1. The predicted octanol–water partition coefficient (Wildman–Crippen LogP) is 1.30. The van der Waals surface area contributed by atoms with Crippen molar-refractivity contribution in [3.63, 3.8) is 0 Å². The maximum absolute atomic E-state index is 5.58. The van der Waals surface area contributed by atoms with Gasteiger partial charge >= 0.3 is 0 Å². The monoisotopic (exact) mass is 237 g/mol. The zero-order valence-corrected chi connectivity index (χ0v) is 9.94. The minimum atomic E-state index is -0.132. The van der Waals surface area contributed by atoms with Crippen molar-refractivity contribution < 1.29 is 0 Å². The molecule has 0 fully saturated rings. The van der Waals surface area contributed by atoms with Crippen molar-refractivity contribution in [1.82, 2.24) is 20.0 Å². The Labute approximate surface area is 98.3 Å². The van der Waals surface area contributed by atoms with Crippen LogP contribution >= 0.6 is 11.3 Å². The summed E-state index contributed by atoms with van der Waals surface area (Å²) >= 11 is 1.56. The van der Waals surface area contributed by atoms with E-state index in [0.29, 0.717) is 0 Å². The molecule has 0 saturated carbocycles. The topological polar surface area (TPSA) is 68.8 Å². The van der Waals surface area contributed by atoms with E-state index in [1.54, 1.807) is 23.0 Å². The molecule has 0 aromatic carbocycles. The van der Waals surface area contributed by atoms with Gasteiger partial charge in [0.15, 0.2) is 0 Å². The van der Waals surface area contributed by atoms with Crippen LogP contribution in [0.2, 0.25) is 0 Å². The van der Waals surface area contributed by atoms with E-state index in [9.17, 15) is 0 Å². The van der Waals surface area contributed by atoms with Gasteiger partial charge in [0, 0.05) is 24.3 Å². The van der Waals surface area contributed by atoms with E-state index >= 15 is 0 Å². The Balaban J connectivity index is 2.30. The van der Waals surface area contributed by atoms with E-state index in [1.165, 1.54) is 0 Å². The minimum absolute atomic E-state index is 0.132. The number of imidazole rings is 1. The summed E-state index contributed by atoms with van der Waals surface area (Å²) < 4.78 is 2.10. The van der Waals surface area contributed by atoms with Crippen molar-refractivity contribution in [3.8, 4) is 0 Å². The molecule has 2 heterocycles. The van der Waals surface area contributed by atoms with E-state index in [-0.39, 0.29) is 6.04 Å². The Kier molecular flexibility index (Phi) is 3.66. The number of aryl methyl sites for hydroxylation is 1. The first-order valence-corrected chi connectivity index (χ1v) is 6.16. The van der Waals surface area contributed by atoms with Gasteiger partial charge in [0.25, 0.3) is 0 Å². The highest BCUT2D eigenvalue weighted by Crippen LogP contribution is 2.19. The lowest BCUT2D eigenvalue weighted by molar-refractivity contribution is 0.538. The maximum atomic E-state index is 5.58. The smallest absolute Gasteiger partial charge is 0.133 e. The van der Waals surface area contributed by atoms with Crippen LogP contribution in [0.25, 0.3) is 0 Å². The van der Waals surface area contributed by atoms with E-state index in [2.05, 4.69) is 26.9 Å². The van der Waals surface area contributed by atoms with Gasteiger partial charge < -0.3 is 4.57 Å². The molecule has 16 heavy (non-hydrogen) atoms. The summed E-state index contributed by atoms with van der Waals surface area (Å²) in [6.07, 6.45) is 4.83. The van der Waals surface area contributed by atoms with Crippen LogP contribution in [0, 0.1) is 0 Å². The molecule has 5 nitrogen and oxygen atoms in total. The van der Waals surface area contributed by atoms with Crippen LogP contribution in [0.15, 0.2) is 23.3 Å². The van der Waals surface area contributed by atoms with Crippen LogP contribution in [-0.2, 0) is 6.54 Å². The molecule has 3 N–H and O–H groups in total. The lowest BCUT2D eigenvalue weighted by Crippen LogP contribution is -2.31. The first-order chi connectivity index (χ1) is 7.86. The standard InChI is InChI=1S/C10H15N5S/c1-2-4-15-5-3-12-10(15)9(14-11)8-6-16-7-13-8/h3,5-7,9,14H,2,4,11H2,1H3. The number of thiazole rings is 1. The first-order valence-electron chi connectivity index (χ1n) is 5.22. The van der Waals surface area contributed by atoms with Crippen LogP contribution < -0.4 is 11.3 Å². The molecule has 2 aromatic heterocycles. The van der Waals surface area contributed by atoms with Gasteiger partial charge in [-0.2, -0.15) is 0 Å². The van der Waals surface area contributed by atoms with Gasteiger partial charge in [0.05, 0.1) is 11.2 Å². The van der Waals surface area contributed by atoms with Crippen molar-refractivity contribution in [3.05, 3.63) is 34.8 Å². The number of hydrogen-bond acceptors (Lipinski definition) is 5. The Morgan fingerprint density at radius 3 is 3.06 bits per heavy atom. The second kappa shape index (κ2) is 5.20. The zero-order chi connectivity index (χ0) is 11.4. The van der Waals surface area contributed by atoms with Crippen molar-refractivity contribution in [2.45, 2.75) is 25.9 Å². The Bertz CT molecular complexity index is 422. The largest absolute Gasteiger partial charge is 0.333 e. The summed E-state index contributed by atoms with van der Waals surface area (Å²) in [6.45, 7) is 3.08. The molecule has 0 saturated heterocycles. The van der Waals surface area contributed by atoms with Gasteiger partial charge in [-0.25, -0.2) is 15.4 Å². The average Bonchev–Trinajstić information content (AvgIpc) is 2.92. The molecule has 0 spiro atoms. The Hall–Kier alpha value is -1.24. The van der Waals surface area contributed by atoms with Gasteiger partial charge in [0.1, 0.15) is 11.9 Å². The first kappa shape index (κ1) is 11.3. The zero-order valence-electron chi connectivity index (χ0n) is 9.13. The van der Waals surface area contributed by atoms with Gasteiger partial charge in [-0.05, 0) is 6.42 Å². The van der Waals surface area contributed by atoms with Gasteiger partial charge in [-0.15, -0.1) is 11.3 Å². The summed E-state index contributed by atoms with van der Waals surface area (Å²) in [6, 6.07) is -0.132. The van der Waals surface area contributed by atoms with Crippen LogP contribution in [0.3, 0.4) is 0 Å². The summed E-state index contributed by atoms with van der Waals surface area (Å²) in [5.74, 6) is 6.49. The molecule has 2 aromatic rings. The molecular weight excluding hydrogens is 222 g/mol. The molecule has 1 unspecified atom stereocenters. The highest BCUT2D eigenvalue weighted by molar-refractivity contribution is 7.07. The molecule has 2 rings (SSSR count). The molecule has 0 radical (unpaired) electrons. The molecule has 0 bridgehead atoms. The third-order valence-corrected chi connectivity index (χ3v) is 2.99. The third kappa shape index (κ3) is 2.13. The molecular formula is C10H15N5S. The fraction of sp³-hybridized carbons (Fsp3) is 0.400. The van der Waals surface area contributed by atoms with Crippen molar-refractivity contribution in [2.24, 2.45) is 5.84 Å². The van der Waals surface area contributed by atoms with Crippen molar-refractivity contribution in [1.29, 1.82) is 0 Å². The van der Waals surface area contributed by atoms with E-state index in [4.69, 9.17) is 5.84 Å². The van der Waals surface area contributed by atoms with E-state index in [0.717, 1.165) is 24.5 Å². The van der Waals surface area contributed by atoms with Crippen LogP contribution in [0.5, 0.6) is 0 Å². The summed E-state index contributed by atoms with van der Waals surface area (Å²) in [5.41, 5.74) is 5.48. The minimum Gasteiger partial charge on any atom is -0.333 e. The molecule has 0 aliphatic rings. The predicted molar refractivity (Wildman–Crippen MR) is 63.8 cm³/mol. The Morgan fingerprint density at radius 1 is 1.56 bits per heavy atom. The third-order valence-electron chi connectivity index (χ3n) is 2.38. The second-order valence-corrected chi connectivity index (χ2v) is 4.21. The normalized spacial score (nSPS) is 12.9.